The molecule has 0 spiro atoms. The maximum Gasteiger partial charge on any atom is 0.313 e. The second-order valence-corrected chi connectivity index (χ2v) is 7.46. The summed E-state index contributed by atoms with van der Waals surface area (Å²) in [6.07, 6.45) is 6.30. The van der Waals surface area contributed by atoms with Gasteiger partial charge in [-0.25, -0.2) is 10.2 Å². The summed E-state index contributed by atoms with van der Waals surface area (Å²) in [6.45, 7) is 0. The van der Waals surface area contributed by atoms with E-state index in [0.717, 1.165) is 45.3 Å². The zero-order chi connectivity index (χ0) is 20.2. The number of carbonyl (C=O) groups is 1. The molecule has 1 unspecified atom stereocenters. The second kappa shape index (κ2) is 8.43. The Bertz CT molecular complexity index is 1060. The van der Waals surface area contributed by atoms with Crippen molar-refractivity contribution in [2.75, 3.05) is 5.75 Å². The van der Waals surface area contributed by atoms with E-state index in [4.69, 9.17) is 5.11 Å². The van der Waals surface area contributed by atoms with Crippen LogP contribution in [0.4, 0.5) is 0 Å². The zero-order valence-electron chi connectivity index (χ0n) is 15.2. The lowest BCUT2D eigenvalue weighted by Gasteiger charge is -2.18. The van der Waals surface area contributed by atoms with Crippen LogP contribution in [0.25, 0.3) is 16.8 Å². The van der Waals surface area contributed by atoms with Gasteiger partial charge in [-0.3, -0.25) is 15.0 Å². The Morgan fingerprint density at radius 2 is 2.07 bits per heavy atom. The van der Waals surface area contributed by atoms with Gasteiger partial charge in [-0.05, 0) is 17.2 Å². The maximum atomic E-state index is 10.7. The summed E-state index contributed by atoms with van der Waals surface area (Å²) in [5.74, 6) is -0.429. The molecule has 1 aromatic carbocycles. The molecule has 0 amide bonds. The highest BCUT2D eigenvalue weighted by molar-refractivity contribution is 7.99. The normalized spacial score (nSPS) is 16.4. The Morgan fingerprint density at radius 3 is 2.76 bits per heavy atom. The molecule has 0 saturated heterocycles. The van der Waals surface area contributed by atoms with Crippen LogP contribution in [0.1, 0.15) is 23.7 Å². The van der Waals surface area contributed by atoms with Crippen molar-refractivity contribution in [3.63, 3.8) is 0 Å². The number of carboxylic acid groups (broad SMARTS) is 1. The van der Waals surface area contributed by atoms with E-state index in [1.54, 1.807) is 6.20 Å². The molecule has 0 saturated carbocycles. The van der Waals surface area contributed by atoms with E-state index in [1.807, 2.05) is 24.3 Å². The number of nitrogens with zero attached hydrogens (tertiary/aromatic N) is 3. The van der Waals surface area contributed by atoms with Crippen LogP contribution in [0.5, 0.6) is 0 Å². The van der Waals surface area contributed by atoms with Gasteiger partial charge >= 0.3 is 5.97 Å². The number of rotatable bonds is 7. The number of benzene rings is 1. The van der Waals surface area contributed by atoms with Gasteiger partial charge in [-0.2, -0.15) is 10.6 Å². The highest BCUT2D eigenvalue weighted by Gasteiger charge is 2.22. The third kappa shape index (κ3) is 4.45. The Labute approximate surface area is 169 Å². The van der Waals surface area contributed by atoms with Crippen molar-refractivity contribution in [3.8, 4) is 11.3 Å². The number of nitrogens with two attached hydrogens (primary N) is 1. The number of nitrogens with one attached hydrogen (secondary N) is 2. The molecule has 0 radical (unpaired) electrons. The fourth-order valence-corrected chi connectivity index (χ4v) is 3.70. The standard InChI is InChI=1S/C19H18N6O3S/c26-17(27)10-29-19-21-18(23-24-19)14-7-13(8-15(9-14)25-28)11-1-3-12(4-2-11)16-5-6-20-22-16/h1-7,9,13,25,28H,8,10H2,(H,20,22)(H,26,27)(H,21,23,24)/p+1. The quantitative estimate of drug-likeness (QED) is 0.294. The van der Waals surface area contributed by atoms with Gasteiger partial charge in [0.05, 0.1) is 11.4 Å². The first-order chi connectivity index (χ1) is 14.1. The van der Waals surface area contributed by atoms with Gasteiger partial charge in [0.1, 0.15) is 5.70 Å². The van der Waals surface area contributed by atoms with E-state index in [1.165, 1.54) is 0 Å². The minimum Gasteiger partial charge on any atom is -0.481 e. The monoisotopic (exact) mass is 411 g/mol. The third-order valence-electron chi connectivity index (χ3n) is 4.56. The summed E-state index contributed by atoms with van der Waals surface area (Å²) < 4.78 is 0. The van der Waals surface area contributed by atoms with Crippen molar-refractivity contribution >= 4 is 23.3 Å². The predicted molar refractivity (Wildman–Crippen MR) is 106 cm³/mol. The molecule has 10 heteroatoms. The molecule has 0 aliphatic heterocycles. The summed E-state index contributed by atoms with van der Waals surface area (Å²) in [7, 11) is 0. The largest absolute Gasteiger partial charge is 0.481 e. The average Bonchev–Trinajstić information content (AvgIpc) is 3.44. The maximum absolute atomic E-state index is 10.7. The number of aromatic amines is 2. The fraction of sp³-hybridized carbons (Fsp3) is 0.158. The van der Waals surface area contributed by atoms with Crippen LogP contribution in [0, 0.1) is 0 Å². The molecule has 1 aliphatic rings. The highest BCUT2D eigenvalue weighted by Crippen LogP contribution is 2.33. The molecule has 4 rings (SSSR count). The van der Waals surface area contributed by atoms with Gasteiger partial charge in [0, 0.05) is 30.2 Å². The van der Waals surface area contributed by atoms with Crippen LogP contribution in [0.15, 0.2) is 59.5 Å². The second-order valence-electron chi connectivity index (χ2n) is 6.52. The van der Waals surface area contributed by atoms with Gasteiger partial charge < -0.3 is 5.11 Å². The van der Waals surface area contributed by atoms with E-state index < -0.39 is 5.97 Å². The van der Waals surface area contributed by atoms with Crippen LogP contribution in [0.3, 0.4) is 0 Å². The van der Waals surface area contributed by atoms with Crippen molar-refractivity contribution < 1.29 is 20.6 Å². The third-order valence-corrected chi connectivity index (χ3v) is 5.39. The number of hydroxylamine groups is 1. The van der Waals surface area contributed by atoms with Crippen LogP contribution in [-0.4, -0.2) is 47.4 Å². The summed E-state index contributed by atoms with van der Waals surface area (Å²) in [4.78, 5) is 15.1. The minimum atomic E-state index is -0.922. The lowest BCUT2D eigenvalue weighted by Crippen LogP contribution is -2.78. The molecule has 148 valence electrons. The number of aromatic nitrogens is 5. The van der Waals surface area contributed by atoms with Crippen molar-refractivity contribution in [2.24, 2.45) is 0 Å². The van der Waals surface area contributed by atoms with Crippen molar-refractivity contribution in [1.82, 2.24) is 25.4 Å². The van der Waals surface area contributed by atoms with Gasteiger partial charge in [-0.15, -0.1) is 5.10 Å². The number of thioether (sulfide) groups is 1. The van der Waals surface area contributed by atoms with E-state index >= 15 is 0 Å². The zero-order valence-corrected chi connectivity index (χ0v) is 16.1. The van der Waals surface area contributed by atoms with Crippen LogP contribution < -0.4 is 5.48 Å². The van der Waals surface area contributed by atoms with Crippen molar-refractivity contribution in [1.29, 1.82) is 0 Å². The van der Waals surface area contributed by atoms with Crippen molar-refractivity contribution in [2.45, 2.75) is 17.5 Å². The molecule has 2 heterocycles. The number of allylic oxidation sites excluding steroid dienone is 4. The summed E-state index contributed by atoms with van der Waals surface area (Å²) in [5, 5.41) is 32.6. The molecule has 6 N–H and O–H groups in total. The predicted octanol–water partition coefficient (Wildman–Crippen LogP) is 1.78. The molecule has 1 atom stereocenters. The van der Waals surface area contributed by atoms with E-state index in [9.17, 15) is 10.0 Å². The molecule has 1 aliphatic carbocycles. The fourth-order valence-electron chi connectivity index (χ4n) is 3.18. The van der Waals surface area contributed by atoms with Crippen LogP contribution in [-0.2, 0) is 4.79 Å². The van der Waals surface area contributed by atoms with Crippen LogP contribution in [0.2, 0.25) is 0 Å². The molecule has 9 nitrogen and oxygen atoms in total. The average molecular weight is 411 g/mol. The van der Waals surface area contributed by atoms with Gasteiger partial charge in [0.25, 0.3) is 0 Å². The number of aliphatic carboxylic acids is 1. The van der Waals surface area contributed by atoms with Gasteiger partial charge in [0.2, 0.25) is 5.16 Å². The highest BCUT2D eigenvalue weighted by atomic mass is 32.2. The minimum absolute atomic E-state index is 0.0597. The SMILES string of the molecule is O=C(O)CSc1n[nH]c(C2=CC(c3ccc(-c4ccn[nH]4)cc3)CC([NH2+]O)=C2)n1. The first-order valence-electron chi connectivity index (χ1n) is 8.89. The smallest absolute Gasteiger partial charge is 0.313 e. The molecule has 2 aromatic heterocycles. The van der Waals surface area contributed by atoms with E-state index in [-0.39, 0.29) is 11.7 Å². The topological polar surface area (TPSA) is 144 Å². The van der Waals surface area contributed by atoms with Crippen LogP contribution >= 0.6 is 11.8 Å². The Hall–Kier alpha value is -3.21. The summed E-state index contributed by atoms with van der Waals surface area (Å²) in [5.41, 5.74) is 5.79. The summed E-state index contributed by atoms with van der Waals surface area (Å²) >= 11 is 1.05. The molecule has 0 bridgehead atoms. The number of H-pyrrole nitrogens is 2. The van der Waals surface area contributed by atoms with Gasteiger partial charge in [-0.1, -0.05) is 42.1 Å². The van der Waals surface area contributed by atoms with E-state index in [0.29, 0.717) is 17.4 Å². The number of hydrogen-bond donors (Lipinski definition) is 5. The molecule has 3 aromatic rings. The lowest BCUT2D eigenvalue weighted by molar-refractivity contribution is -0.852. The first-order valence-corrected chi connectivity index (χ1v) is 9.88. The molecule has 29 heavy (non-hydrogen) atoms. The van der Waals surface area contributed by atoms with E-state index in [2.05, 4.69) is 43.6 Å². The Morgan fingerprint density at radius 1 is 1.24 bits per heavy atom. The first kappa shape index (κ1) is 19.1. The Balaban J connectivity index is 1.57. The lowest BCUT2D eigenvalue weighted by atomic mass is 9.87. The number of hydrogen-bond acceptors (Lipinski definition) is 6. The molecular formula is C19H19N6O3S+. The number of quaternary nitrogens is 1. The molecule has 0 fully saturated rings. The number of carboxylic acids is 1. The van der Waals surface area contributed by atoms with Crippen molar-refractivity contribution in [3.05, 3.63) is 65.8 Å². The Kier molecular flexibility index (Phi) is 5.56. The molecular weight excluding hydrogens is 392 g/mol. The van der Waals surface area contributed by atoms with Gasteiger partial charge in [0.15, 0.2) is 5.82 Å². The summed E-state index contributed by atoms with van der Waals surface area (Å²) in [6, 6.07) is 10.1.